The zero-order valence-electron chi connectivity index (χ0n) is 10.6. The first-order valence-corrected chi connectivity index (χ1v) is 6.00. The fourth-order valence-corrected chi connectivity index (χ4v) is 1.60. The Morgan fingerprint density at radius 1 is 1.28 bits per heavy atom. The topological polar surface area (TPSA) is 55.4 Å². The molecule has 0 aromatic heterocycles. The van der Waals surface area contributed by atoms with Crippen LogP contribution in [-0.4, -0.2) is 24.9 Å². The molecule has 0 aliphatic heterocycles. The first-order chi connectivity index (χ1) is 8.41. The Morgan fingerprint density at radius 3 is 2.28 bits per heavy atom. The summed E-state index contributed by atoms with van der Waals surface area (Å²) < 4.78 is 4.76. The van der Waals surface area contributed by atoms with Crippen molar-refractivity contribution in [3.8, 4) is 0 Å². The number of hydrogen-bond acceptors (Lipinski definition) is 3. The van der Waals surface area contributed by atoms with E-state index in [0.717, 1.165) is 5.56 Å². The number of methoxy groups -OCH3 is 1. The van der Waals surface area contributed by atoms with Crippen LogP contribution in [-0.2, 0) is 19.7 Å². The van der Waals surface area contributed by atoms with Gasteiger partial charge in [0.1, 0.15) is 5.88 Å². The molecule has 0 fully saturated rings. The molecule has 5 heteroatoms. The summed E-state index contributed by atoms with van der Waals surface area (Å²) in [4.78, 5) is 22.7. The Morgan fingerprint density at radius 2 is 1.83 bits per heavy atom. The van der Waals surface area contributed by atoms with Gasteiger partial charge in [0, 0.05) is 5.69 Å². The number of carbonyl (C=O) groups excluding carboxylic acids is 2. The van der Waals surface area contributed by atoms with Crippen molar-refractivity contribution >= 4 is 29.2 Å². The van der Waals surface area contributed by atoms with Crippen LogP contribution in [0.1, 0.15) is 19.4 Å². The van der Waals surface area contributed by atoms with Crippen LogP contribution < -0.4 is 5.32 Å². The van der Waals surface area contributed by atoms with E-state index < -0.39 is 5.41 Å². The summed E-state index contributed by atoms with van der Waals surface area (Å²) in [5.74, 6) is -0.660. The van der Waals surface area contributed by atoms with Crippen LogP contribution in [0.4, 0.5) is 5.69 Å². The van der Waals surface area contributed by atoms with Gasteiger partial charge in [0.15, 0.2) is 0 Å². The Balaban J connectivity index is 2.89. The first kappa shape index (κ1) is 14.5. The van der Waals surface area contributed by atoms with Gasteiger partial charge in [-0.05, 0) is 31.5 Å². The number of amides is 1. The molecule has 0 bridgehead atoms. The number of ether oxygens (including phenoxy) is 1. The van der Waals surface area contributed by atoms with Crippen LogP contribution >= 0.6 is 11.6 Å². The van der Waals surface area contributed by atoms with Crippen molar-refractivity contribution in [1.29, 1.82) is 0 Å². The molecule has 0 spiro atoms. The van der Waals surface area contributed by atoms with E-state index in [1.165, 1.54) is 7.11 Å². The summed E-state index contributed by atoms with van der Waals surface area (Å²) in [7, 11) is 1.36. The minimum absolute atomic E-state index is 0.0879. The highest BCUT2D eigenvalue weighted by Crippen LogP contribution is 2.25. The molecule has 0 aliphatic rings. The molecule has 1 N–H and O–H groups in total. The maximum atomic E-state index is 11.6. The van der Waals surface area contributed by atoms with E-state index in [2.05, 4.69) is 5.32 Å². The van der Waals surface area contributed by atoms with Gasteiger partial charge in [-0.3, -0.25) is 9.59 Å². The molecule has 0 radical (unpaired) electrons. The summed E-state index contributed by atoms with van der Waals surface area (Å²) >= 11 is 5.39. The Bertz CT molecular complexity index is 440. The Hall–Kier alpha value is -1.55. The number of anilines is 1. The van der Waals surface area contributed by atoms with Crippen LogP contribution in [0.3, 0.4) is 0 Å². The fraction of sp³-hybridized carbons (Fsp3) is 0.385. The Labute approximate surface area is 111 Å². The number of rotatable bonds is 4. The predicted octanol–water partition coefficient (Wildman–Crippen LogP) is 2.31. The fourth-order valence-electron chi connectivity index (χ4n) is 1.54. The van der Waals surface area contributed by atoms with Gasteiger partial charge in [0.2, 0.25) is 5.91 Å². The second-order valence-corrected chi connectivity index (χ2v) is 4.64. The number of hydrogen-bond donors (Lipinski definition) is 1. The number of halogens is 1. The second kappa shape index (κ2) is 5.87. The average Bonchev–Trinajstić information content (AvgIpc) is 2.38. The molecule has 1 amide bonds. The van der Waals surface area contributed by atoms with Gasteiger partial charge in [-0.25, -0.2) is 0 Å². The third-order valence-corrected chi connectivity index (χ3v) is 2.95. The van der Waals surface area contributed by atoms with Crippen LogP contribution in [0.2, 0.25) is 0 Å². The quantitative estimate of drug-likeness (QED) is 0.674. The van der Waals surface area contributed by atoms with E-state index in [1.807, 2.05) is 0 Å². The molecule has 98 valence electrons. The molecule has 0 saturated carbocycles. The predicted molar refractivity (Wildman–Crippen MR) is 70.8 cm³/mol. The second-order valence-electron chi connectivity index (χ2n) is 4.38. The van der Waals surface area contributed by atoms with Crippen LogP contribution in [0, 0.1) is 0 Å². The number of carbonyl (C=O) groups is 2. The largest absolute Gasteiger partial charge is 0.468 e. The molecule has 1 aromatic rings. The molecule has 0 heterocycles. The highest BCUT2D eigenvalue weighted by molar-refractivity contribution is 6.29. The van der Waals surface area contributed by atoms with Crippen molar-refractivity contribution < 1.29 is 14.3 Å². The van der Waals surface area contributed by atoms with Crippen molar-refractivity contribution in [2.45, 2.75) is 19.3 Å². The summed E-state index contributed by atoms with van der Waals surface area (Å²) in [6.07, 6.45) is 0. The van der Waals surface area contributed by atoms with Gasteiger partial charge in [-0.1, -0.05) is 12.1 Å². The first-order valence-electron chi connectivity index (χ1n) is 5.46. The average molecular weight is 270 g/mol. The van der Waals surface area contributed by atoms with Crippen molar-refractivity contribution in [3.05, 3.63) is 29.8 Å². The number of benzene rings is 1. The number of nitrogens with one attached hydrogen (secondary N) is 1. The smallest absolute Gasteiger partial charge is 0.315 e. The van der Waals surface area contributed by atoms with Gasteiger partial charge in [0.05, 0.1) is 12.5 Å². The normalized spacial score (nSPS) is 10.9. The third-order valence-electron chi connectivity index (χ3n) is 2.71. The lowest BCUT2D eigenvalue weighted by Gasteiger charge is -2.22. The zero-order chi connectivity index (χ0) is 13.8. The molecule has 0 unspecified atom stereocenters. The maximum absolute atomic E-state index is 11.6. The molecule has 18 heavy (non-hydrogen) atoms. The molecule has 0 saturated heterocycles. The van der Waals surface area contributed by atoms with Crippen LogP contribution in [0.25, 0.3) is 0 Å². The van der Waals surface area contributed by atoms with Gasteiger partial charge >= 0.3 is 5.97 Å². The molecule has 1 aromatic carbocycles. The summed E-state index contributed by atoms with van der Waals surface area (Å²) in [6, 6.07) is 7.01. The third kappa shape index (κ3) is 3.23. The van der Waals surface area contributed by atoms with Crippen molar-refractivity contribution in [2.75, 3.05) is 18.3 Å². The van der Waals surface area contributed by atoms with Crippen molar-refractivity contribution in [2.24, 2.45) is 0 Å². The van der Waals surface area contributed by atoms with E-state index in [0.29, 0.717) is 5.69 Å². The molecular formula is C13H16ClNO3. The van der Waals surface area contributed by atoms with E-state index in [4.69, 9.17) is 16.3 Å². The van der Waals surface area contributed by atoms with E-state index in [1.54, 1.807) is 38.1 Å². The lowest BCUT2D eigenvalue weighted by molar-refractivity contribution is -0.146. The maximum Gasteiger partial charge on any atom is 0.315 e. The van der Waals surface area contributed by atoms with Gasteiger partial charge in [0.25, 0.3) is 0 Å². The lowest BCUT2D eigenvalue weighted by Crippen LogP contribution is -2.30. The van der Waals surface area contributed by atoms with Crippen molar-refractivity contribution in [1.82, 2.24) is 0 Å². The summed E-state index contributed by atoms with van der Waals surface area (Å²) in [6.45, 7) is 3.57. The minimum atomic E-state index is -0.718. The molecule has 0 aliphatic carbocycles. The highest BCUT2D eigenvalue weighted by atomic mass is 35.5. The van der Waals surface area contributed by atoms with Gasteiger partial charge in [-0.15, -0.1) is 11.6 Å². The zero-order valence-corrected chi connectivity index (χ0v) is 11.4. The SMILES string of the molecule is COC(=O)C(C)(C)c1ccc(NC(=O)CCl)cc1. The lowest BCUT2D eigenvalue weighted by atomic mass is 9.85. The van der Waals surface area contributed by atoms with E-state index >= 15 is 0 Å². The molecule has 1 rings (SSSR count). The standard InChI is InChI=1S/C13H16ClNO3/c1-13(2,12(17)18-3)9-4-6-10(7-5-9)15-11(16)8-14/h4-7H,8H2,1-3H3,(H,15,16). The number of alkyl halides is 1. The van der Waals surface area contributed by atoms with Gasteiger partial charge < -0.3 is 10.1 Å². The highest BCUT2D eigenvalue weighted by Gasteiger charge is 2.30. The van der Waals surface area contributed by atoms with Crippen LogP contribution in [0.5, 0.6) is 0 Å². The summed E-state index contributed by atoms with van der Waals surface area (Å²) in [5, 5.41) is 2.63. The van der Waals surface area contributed by atoms with Gasteiger partial charge in [-0.2, -0.15) is 0 Å². The Kier molecular flexibility index (Phi) is 4.73. The van der Waals surface area contributed by atoms with Crippen LogP contribution in [0.15, 0.2) is 24.3 Å². The number of esters is 1. The van der Waals surface area contributed by atoms with Crippen molar-refractivity contribution in [3.63, 3.8) is 0 Å². The summed E-state index contributed by atoms with van der Waals surface area (Å²) in [5.41, 5.74) is 0.743. The monoisotopic (exact) mass is 269 g/mol. The minimum Gasteiger partial charge on any atom is -0.468 e. The molecular weight excluding hydrogens is 254 g/mol. The molecule has 4 nitrogen and oxygen atoms in total. The van der Waals surface area contributed by atoms with E-state index in [9.17, 15) is 9.59 Å². The molecule has 0 atom stereocenters. The van der Waals surface area contributed by atoms with E-state index in [-0.39, 0.29) is 17.8 Å².